The molecule has 2 atom stereocenters. The Balaban J connectivity index is 1.52. The molecular weight excluding hydrogens is 561 g/mol. The number of hydrogen-bond donors (Lipinski definition) is 3. The molecule has 0 fully saturated rings. The first-order valence-electron chi connectivity index (χ1n) is 14.2. The van der Waals surface area contributed by atoms with E-state index in [1.54, 1.807) is 6.92 Å². The minimum Gasteiger partial charge on any atom is -0.459 e. The summed E-state index contributed by atoms with van der Waals surface area (Å²) in [6.07, 6.45) is -0.796. The van der Waals surface area contributed by atoms with Crippen molar-refractivity contribution in [3.8, 4) is 0 Å². The molecule has 0 aromatic heterocycles. The molecule has 1 unspecified atom stereocenters. The highest BCUT2D eigenvalue weighted by Gasteiger charge is 2.31. The van der Waals surface area contributed by atoms with Gasteiger partial charge in [0, 0.05) is 5.69 Å². The Morgan fingerprint density at radius 1 is 0.773 bits per heavy atom. The zero-order valence-electron chi connectivity index (χ0n) is 25.1. The molecule has 3 N–H and O–H groups in total. The van der Waals surface area contributed by atoms with Gasteiger partial charge < -0.3 is 25.4 Å². The smallest absolute Gasteiger partial charge is 0.331 e. The second-order valence-corrected chi connectivity index (χ2v) is 10.6. The summed E-state index contributed by atoms with van der Waals surface area (Å²) in [5.74, 6) is -2.08. The van der Waals surface area contributed by atoms with Gasteiger partial charge in [-0.15, -0.1) is 0 Å². The monoisotopic (exact) mass is 597 g/mol. The number of anilines is 2. The van der Waals surface area contributed by atoms with Crippen LogP contribution in [-0.4, -0.2) is 30.1 Å². The molecule has 0 saturated heterocycles. The average Bonchev–Trinajstić information content (AvgIpc) is 3.00. The summed E-state index contributed by atoms with van der Waals surface area (Å²) < 4.78 is 25.8. The van der Waals surface area contributed by atoms with Crippen LogP contribution in [-0.2, 0) is 27.5 Å². The number of halogens is 1. The number of aryl methyl sites for hydroxylation is 3. The number of carbonyl (C=O) groups excluding carboxylic acids is 3. The molecule has 9 heteroatoms. The second-order valence-electron chi connectivity index (χ2n) is 10.6. The number of rotatable bonds is 11. The molecular formula is C35H36FN3O5. The SMILES string of the molecule is Cc1cc(C)c(NC(=O)Nc2cc(F)ccc2C(=O)N[C@H](C(=O)OCc2ccccc2)C(C)OCc2ccccc2)c(C)c1. The van der Waals surface area contributed by atoms with Crippen LogP contribution in [0.3, 0.4) is 0 Å². The highest BCUT2D eigenvalue weighted by atomic mass is 19.1. The minimum absolute atomic E-state index is 0.00117. The standard InChI is InChI=1S/C35H36FN3O5/c1-22-17-23(2)31(24(3)18-22)39-35(42)37-30-19-28(36)15-16-29(30)33(40)38-32(25(4)43-20-26-11-7-5-8-12-26)34(41)44-21-27-13-9-6-10-14-27/h5-19,25,32H,20-21H2,1-4H3,(H,38,40)(H2,37,39,42)/t25?,32-/m0/s1. The summed E-state index contributed by atoms with van der Waals surface area (Å²) in [5.41, 5.74) is 4.92. The quantitative estimate of drug-likeness (QED) is 0.164. The van der Waals surface area contributed by atoms with E-state index in [0.717, 1.165) is 39.9 Å². The lowest BCUT2D eigenvalue weighted by Crippen LogP contribution is -2.49. The van der Waals surface area contributed by atoms with Crippen LogP contribution >= 0.6 is 0 Å². The molecule has 0 aliphatic carbocycles. The summed E-state index contributed by atoms with van der Waals surface area (Å²) in [6.45, 7) is 7.55. The van der Waals surface area contributed by atoms with Crippen LogP contribution in [0.5, 0.6) is 0 Å². The summed E-state index contributed by atoms with van der Waals surface area (Å²) >= 11 is 0. The number of hydrogen-bond acceptors (Lipinski definition) is 5. The Morgan fingerprint density at radius 3 is 1.98 bits per heavy atom. The molecule has 0 aliphatic rings. The van der Waals surface area contributed by atoms with Crippen molar-refractivity contribution in [2.24, 2.45) is 0 Å². The first-order valence-corrected chi connectivity index (χ1v) is 14.2. The fourth-order valence-corrected chi connectivity index (χ4v) is 4.77. The van der Waals surface area contributed by atoms with Gasteiger partial charge in [-0.3, -0.25) is 4.79 Å². The van der Waals surface area contributed by atoms with Crippen LogP contribution in [0.15, 0.2) is 91.0 Å². The second kappa shape index (κ2) is 14.9. The van der Waals surface area contributed by atoms with Gasteiger partial charge in [-0.1, -0.05) is 78.4 Å². The van der Waals surface area contributed by atoms with Gasteiger partial charge in [-0.2, -0.15) is 0 Å². The van der Waals surface area contributed by atoms with Gasteiger partial charge in [0.25, 0.3) is 5.91 Å². The van der Waals surface area contributed by atoms with Crippen molar-refractivity contribution in [3.05, 3.63) is 130 Å². The molecule has 44 heavy (non-hydrogen) atoms. The van der Waals surface area contributed by atoms with Gasteiger partial charge in [0.05, 0.1) is 24.0 Å². The topological polar surface area (TPSA) is 106 Å². The van der Waals surface area contributed by atoms with Crippen molar-refractivity contribution in [3.63, 3.8) is 0 Å². The van der Waals surface area contributed by atoms with Crippen LogP contribution in [0.2, 0.25) is 0 Å². The van der Waals surface area contributed by atoms with Crippen molar-refractivity contribution in [1.82, 2.24) is 5.32 Å². The lowest BCUT2D eigenvalue weighted by molar-refractivity contribution is -0.151. The molecule has 4 aromatic carbocycles. The predicted molar refractivity (Wildman–Crippen MR) is 168 cm³/mol. The van der Waals surface area contributed by atoms with E-state index < -0.39 is 35.9 Å². The molecule has 0 saturated carbocycles. The Kier molecular flexibility index (Phi) is 10.8. The number of carbonyl (C=O) groups is 3. The molecule has 228 valence electrons. The maximum absolute atomic E-state index is 14.3. The number of esters is 1. The number of amides is 3. The molecule has 8 nitrogen and oxygen atoms in total. The first-order chi connectivity index (χ1) is 21.1. The highest BCUT2D eigenvalue weighted by Crippen LogP contribution is 2.23. The van der Waals surface area contributed by atoms with Crippen molar-refractivity contribution in [1.29, 1.82) is 0 Å². The van der Waals surface area contributed by atoms with Gasteiger partial charge in [0.15, 0.2) is 6.04 Å². The van der Waals surface area contributed by atoms with Crippen molar-refractivity contribution >= 4 is 29.3 Å². The molecule has 0 aliphatic heterocycles. The zero-order chi connectivity index (χ0) is 31.6. The van der Waals surface area contributed by atoms with Crippen LogP contribution in [0, 0.1) is 26.6 Å². The normalized spacial score (nSPS) is 12.1. The third-order valence-corrected chi connectivity index (χ3v) is 6.98. The lowest BCUT2D eigenvalue weighted by atomic mass is 10.1. The molecule has 4 rings (SSSR count). The van der Waals surface area contributed by atoms with Crippen molar-refractivity contribution in [2.75, 3.05) is 10.6 Å². The number of nitrogens with one attached hydrogen (secondary N) is 3. The minimum atomic E-state index is -1.21. The van der Waals surface area contributed by atoms with Crippen molar-refractivity contribution in [2.45, 2.75) is 53.1 Å². The van der Waals surface area contributed by atoms with Gasteiger partial charge in [-0.25, -0.2) is 14.0 Å². The number of benzene rings is 4. The van der Waals surface area contributed by atoms with E-state index in [0.29, 0.717) is 5.69 Å². The van der Waals surface area contributed by atoms with Crippen LogP contribution in [0.25, 0.3) is 0 Å². The highest BCUT2D eigenvalue weighted by molar-refractivity contribution is 6.07. The van der Waals surface area contributed by atoms with Crippen LogP contribution < -0.4 is 16.0 Å². The maximum Gasteiger partial charge on any atom is 0.331 e. The predicted octanol–water partition coefficient (Wildman–Crippen LogP) is 6.84. The van der Waals surface area contributed by atoms with Gasteiger partial charge >= 0.3 is 12.0 Å². The van der Waals surface area contributed by atoms with Crippen LogP contribution in [0.4, 0.5) is 20.6 Å². The van der Waals surface area contributed by atoms with Gasteiger partial charge in [-0.05, 0) is 68.1 Å². The molecule has 0 spiro atoms. The third kappa shape index (κ3) is 8.75. The van der Waals surface area contributed by atoms with Crippen molar-refractivity contribution < 1.29 is 28.2 Å². The lowest BCUT2D eigenvalue weighted by Gasteiger charge is -2.24. The molecule has 0 bridgehead atoms. The summed E-state index contributed by atoms with van der Waals surface area (Å²) in [7, 11) is 0. The van der Waals surface area contributed by atoms with Crippen LogP contribution in [0.1, 0.15) is 45.1 Å². The molecule has 0 radical (unpaired) electrons. The molecule has 0 heterocycles. The van der Waals surface area contributed by atoms with E-state index in [4.69, 9.17) is 9.47 Å². The first kappa shape index (κ1) is 31.9. The fraction of sp³-hybridized carbons (Fsp3) is 0.229. The van der Waals surface area contributed by atoms with E-state index >= 15 is 0 Å². The Hall–Kier alpha value is -5.02. The largest absolute Gasteiger partial charge is 0.459 e. The third-order valence-electron chi connectivity index (χ3n) is 6.98. The number of ether oxygens (including phenoxy) is 2. The molecule has 3 amide bonds. The maximum atomic E-state index is 14.3. The van der Waals surface area contributed by atoms with E-state index in [2.05, 4.69) is 16.0 Å². The van der Waals surface area contributed by atoms with Gasteiger partial charge in [0.2, 0.25) is 0 Å². The van der Waals surface area contributed by atoms with E-state index in [1.165, 1.54) is 6.07 Å². The Labute approximate surface area is 256 Å². The number of urea groups is 1. The average molecular weight is 598 g/mol. The summed E-state index contributed by atoms with van der Waals surface area (Å²) in [4.78, 5) is 39.8. The summed E-state index contributed by atoms with van der Waals surface area (Å²) in [5, 5.41) is 8.04. The van der Waals surface area contributed by atoms with Gasteiger partial charge in [0.1, 0.15) is 12.4 Å². The summed E-state index contributed by atoms with van der Waals surface area (Å²) in [6, 6.07) is 23.9. The fourth-order valence-electron chi connectivity index (χ4n) is 4.77. The molecule has 4 aromatic rings. The van der Waals surface area contributed by atoms with E-state index in [-0.39, 0.29) is 24.5 Å². The Bertz CT molecular complexity index is 1590. The Morgan fingerprint density at radius 2 is 1.36 bits per heavy atom. The van der Waals surface area contributed by atoms with E-state index in [9.17, 15) is 18.8 Å². The zero-order valence-corrected chi connectivity index (χ0v) is 25.1. The van der Waals surface area contributed by atoms with E-state index in [1.807, 2.05) is 93.6 Å².